The highest BCUT2D eigenvalue weighted by Crippen LogP contribution is 2.12. The number of unbranched alkanes of at least 4 members (excludes halogenated alkanes) is 2. The molecule has 0 saturated heterocycles. The number of benzene rings is 1. The summed E-state index contributed by atoms with van der Waals surface area (Å²) in [6.07, 6.45) is 3.53. The molecule has 0 amide bonds. The first kappa shape index (κ1) is 19.1. The lowest BCUT2D eigenvalue weighted by Gasteiger charge is -2.09. The fourth-order valence-electron chi connectivity index (χ4n) is 1.61. The van der Waals surface area contributed by atoms with Gasteiger partial charge in [-0.2, -0.15) is 0 Å². The molecule has 118 valence electrons. The lowest BCUT2D eigenvalue weighted by Crippen LogP contribution is -2.14. The highest BCUT2D eigenvalue weighted by atomic mass is 16.5. The van der Waals surface area contributed by atoms with Gasteiger partial charge in [0.15, 0.2) is 0 Å². The summed E-state index contributed by atoms with van der Waals surface area (Å²) >= 11 is 0. The summed E-state index contributed by atoms with van der Waals surface area (Å²) in [7, 11) is 0. The molecular weight excluding hydrogens is 272 g/mol. The second-order valence-electron chi connectivity index (χ2n) is 4.52. The van der Waals surface area contributed by atoms with Crippen molar-refractivity contribution in [2.45, 2.75) is 39.5 Å². The first-order chi connectivity index (χ1) is 9.70. The number of rotatable bonds is 8. The van der Waals surface area contributed by atoms with E-state index >= 15 is 0 Å². The van der Waals surface area contributed by atoms with Gasteiger partial charge in [0.1, 0.15) is 0 Å². The van der Waals surface area contributed by atoms with Crippen LogP contribution in [0.25, 0.3) is 0 Å². The first-order valence-corrected chi connectivity index (χ1v) is 7.14. The van der Waals surface area contributed by atoms with Gasteiger partial charge < -0.3 is 14.9 Å². The number of hydrogen-bond acceptors (Lipinski definition) is 4. The van der Waals surface area contributed by atoms with Crippen LogP contribution in [0.2, 0.25) is 0 Å². The van der Waals surface area contributed by atoms with Crippen molar-refractivity contribution in [1.82, 2.24) is 0 Å². The SMILES string of the molecule is CCCCOC(=O)c1ccccc1C(=O)OCCCC.O. The van der Waals surface area contributed by atoms with Crippen LogP contribution in [0, 0.1) is 0 Å². The van der Waals surface area contributed by atoms with Gasteiger partial charge in [0.05, 0.1) is 24.3 Å². The highest BCUT2D eigenvalue weighted by Gasteiger charge is 2.18. The van der Waals surface area contributed by atoms with E-state index in [9.17, 15) is 9.59 Å². The van der Waals surface area contributed by atoms with Crippen molar-refractivity contribution in [3.05, 3.63) is 35.4 Å². The van der Waals surface area contributed by atoms with Crippen LogP contribution in [0.1, 0.15) is 60.2 Å². The quantitative estimate of drug-likeness (QED) is 0.545. The van der Waals surface area contributed by atoms with Gasteiger partial charge in [0.2, 0.25) is 0 Å². The van der Waals surface area contributed by atoms with Crippen LogP contribution in [0.3, 0.4) is 0 Å². The van der Waals surface area contributed by atoms with Crippen molar-refractivity contribution in [1.29, 1.82) is 0 Å². The maximum absolute atomic E-state index is 11.9. The molecule has 0 unspecified atom stereocenters. The molecule has 5 nitrogen and oxygen atoms in total. The minimum Gasteiger partial charge on any atom is -0.462 e. The Balaban J connectivity index is 0.00000400. The Kier molecular flexibility index (Phi) is 9.88. The normalized spacial score (nSPS) is 9.62. The Morgan fingerprint density at radius 2 is 1.24 bits per heavy atom. The van der Waals surface area contributed by atoms with Crippen LogP contribution >= 0.6 is 0 Å². The third-order valence-electron chi connectivity index (χ3n) is 2.83. The third kappa shape index (κ3) is 6.40. The molecule has 0 heterocycles. The maximum atomic E-state index is 11.9. The number of ether oxygens (including phenoxy) is 2. The van der Waals surface area contributed by atoms with E-state index in [1.165, 1.54) is 0 Å². The first-order valence-electron chi connectivity index (χ1n) is 7.14. The molecule has 0 aliphatic carbocycles. The molecule has 5 heteroatoms. The Morgan fingerprint density at radius 3 is 1.57 bits per heavy atom. The van der Waals surface area contributed by atoms with Gasteiger partial charge in [-0.1, -0.05) is 38.8 Å². The molecule has 0 radical (unpaired) electrons. The molecule has 1 aromatic rings. The fraction of sp³-hybridized carbons (Fsp3) is 0.500. The highest BCUT2D eigenvalue weighted by molar-refractivity contribution is 6.03. The van der Waals surface area contributed by atoms with E-state index in [0.29, 0.717) is 13.2 Å². The van der Waals surface area contributed by atoms with Gasteiger partial charge >= 0.3 is 11.9 Å². The summed E-state index contributed by atoms with van der Waals surface area (Å²) in [5.74, 6) is -0.942. The van der Waals surface area contributed by atoms with Crippen LogP contribution in [-0.2, 0) is 9.47 Å². The summed E-state index contributed by atoms with van der Waals surface area (Å²) in [6.45, 7) is 4.78. The van der Waals surface area contributed by atoms with Gasteiger partial charge in [-0.05, 0) is 25.0 Å². The average molecular weight is 296 g/mol. The van der Waals surface area contributed by atoms with Crippen molar-refractivity contribution < 1.29 is 24.5 Å². The molecule has 2 N–H and O–H groups in total. The van der Waals surface area contributed by atoms with Gasteiger partial charge in [0, 0.05) is 0 Å². The second kappa shape index (κ2) is 10.9. The second-order valence-corrected chi connectivity index (χ2v) is 4.52. The lowest BCUT2D eigenvalue weighted by molar-refractivity contribution is 0.0452. The molecule has 1 rings (SSSR count). The Morgan fingerprint density at radius 1 is 0.857 bits per heavy atom. The minimum absolute atomic E-state index is 0. The van der Waals surface area contributed by atoms with E-state index in [1.807, 2.05) is 13.8 Å². The molecule has 1 aromatic carbocycles. The van der Waals surface area contributed by atoms with E-state index in [-0.39, 0.29) is 16.6 Å². The molecule has 0 aliphatic heterocycles. The molecule has 0 fully saturated rings. The average Bonchev–Trinajstić information content (AvgIpc) is 2.47. The molecule has 0 atom stereocenters. The van der Waals surface area contributed by atoms with Crippen molar-refractivity contribution >= 4 is 11.9 Å². The van der Waals surface area contributed by atoms with E-state index in [0.717, 1.165) is 25.7 Å². The number of hydrogen-bond donors (Lipinski definition) is 0. The molecule has 0 saturated carbocycles. The molecule has 0 spiro atoms. The largest absolute Gasteiger partial charge is 0.462 e. The van der Waals surface area contributed by atoms with Crippen LogP contribution in [0.4, 0.5) is 0 Å². The smallest absolute Gasteiger partial charge is 0.339 e. The van der Waals surface area contributed by atoms with Gasteiger partial charge in [-0.15, -0.1) is 0 Å². The standard InChI is InChI=1S/C16H22O4.H2O/c1-3-5-11-19-15(17)13-9-7-8-10-14(13)16(18)20-12-6-4-2;/h7-10H,3-6,11-12H2,1-2H3;1H2. The van der Waals surface area contributed by atoms with Crippen LogP contribution < -0.4 is 0 Å². The molecule has 0 bridgehead atoms. The molecule has 0 aliphatic rings. The molecule has 21 heavy (non-hydrogen) atoms. The summed E-state index contributed by atoms with van der Waals surface area (Å²) in [5, 5.41) is 0. The summed E-state index contributed by atoms with van der Waals surface area (Å²) < 4.78 is 10.3. The minimum atomic E-state index is -0.471. The third-order valence-corrected chi connectivity index (χ3v) is 2.83. The van der Waals surface area contributed by atoms with Gasteiger partial charge in [0.25, 0.3) is 0 Å². The predicted octanol–water partition coefficient (Wildman–Crippen LogP) is 2.78. The summed E-state index contributed by atoms with van der Waals surface area (Å²) in [5.41, 5.74) is 0.537. The zero-order chi connectivity index (χ0) is 14.8. The van der Waals surface area contributed by atoms with Crippen LogP contribution in [0.15, 0.2) is 24.3 Å². The van der Waals surface area contributed by atoms with Crippen molar-refractivity contribution in [3.63, 3.8) is 0 Å². The van der Waals surface area contributed by atoms with Crippen molar-refractivity contribution in [2.75, 3.05) is 13.2 Å². The van der Waals surface area contributed by atoms with E-state index in [1.54, 1.807) is 24.3 Å². The van der Waals surface area contributed by atoms with E-state index in [2.05, 4.69) is 0 Å². The topological polar surface area (TPSA) is 84.1 Å². The summed E-state index contributed by atoms with van der Waals surface area (Å²) in [6, 6.07) is 6.59. The van der Waals surface area contributed by atoms with Crippen LogP contribution in [0.5, 0.6) is 0 Å². The van der Waals surface area contributed by atoms with Gasteiger partial charge in [-0.3, -0.25) is 0 Å². The van der Waals surface area contributed by atoms with Crippen molar-refractivity contribution in [2.24, 2.45) is 0 Å². The Hall–Kier alpha value is -1.88. The lowest BCUT2D eigenvalue weighted by atomic mass is 10.1. The van der Waals surface area contributed by atoms with E-state index < -0.39 is 11.9 Å². The zero-order valence-corrected chi connectivity index (χ0v) is 12.7. The van der Waals surface area contributed by atoms with E-state index in [4.69, 9.17) is 9.47 Å². The molecular formula is C16H24O5. The van der Waals surface area contributed by atoms with Crippen LogP contribution in [-0.4, -0.2) is 30.6 Å². The maximum Gasteiger partial charge on any atom is 0.339 e. The molecule has 0 aromatic heterocycles. The number of esters is 2. The number of carbonyl (C=O) groups excluding carboxylic acids is 2. The zero-order valence-electron chi connectivity index (χ0n) is 12.7. The monoisotopic (exact) mass is 296 g/mol. The van der Waals surface area contributed by atoms with Gasteiger partial charge in [-0.25, -0.2) is 9.59 Å². The fourth-order valence-corrected chi connectivity index (χ4v) is 1.61. The Bertz CT molecular complexity index is 401. The van der Waals surface area contributed by atoms with Crippen molar-refractivity contribution in [3.8, 4) is 0 Å². The predicted molar refractivity (Wildman–Crippen MR) is 80.4 cm³/mol. The Labute approximate surface area is 125 Å². The number of carbonyl (C=O) groups is 2. The summed E-state index contributed by atoms with van der Waals surface area (Å²) in [4.78, 5) is 23.9.